The standard InChI is InChI=1S/C10H16BrNO4/c1-16-8(13)10(2-5-11)3-6-12(7-4-10)9(14)15/h2-7H2,1H3,(H,14,15). The number of amides is 1. The molecule has 1 amide bonds. The second-order valence-corrected chi connectivity index (χ2v) is 4.77. The van der Waals surface area contributed by atoms with Crippen molar-refractivity contribution in [1.82, 2.24) is 4.90 Å². The maximum absolute atomic E-state index is 11.7. The first-order valence-corrected chi connectivity index (χ1v) is 6.30. The highest BCUT2D eigenvalue weighted by Gasteiger charge is 2.42. The van der Waals surface area contributed by atoms with E-state index in [1.54, 1.807) is 0 Å². The van der Waals surface area contributed by atoms with Crippen molar-refractivity contribution in [3.8, 4) is 0 Å². The number of ether oxygens (including phenoxy) is 1. The molecule has 5 nitrogen and oxygen atoms in total. The minimum Gasteiger partial charge on any atom is -0.469 e. The molecule has 0 aromatic carbocycles. The smallest absolute Gasteiger partial charge is 0.407 e. The molecular formula is C10H16BrNO4. The molecular weight excluding hydrogens is 278 g/mol. The minimum atomic E-state index is -0.919. The van der Waals surface area contributed by atoms with Gasteiger partial charge < -0.3 is 14.7 Å². The molecule has 0 spiro atoms. The zero-order valence-corrected chi connectivity index (χ0v) is 10.8. The molecule has 92 valence electrons. The van der Waals surface area contributed by atoms with Crippen LogP contribution in [0.4, 0.5) is 4.79 Å². The summed E-state index contributed by atoms with van der Waals surface area (Å²) in [5, 5.41) is 9.55. The van der Waals surface area contributed by atoms with Crippen molar-refractivity contribution in [3.63, 3.8) is 0 Å². The Morgan fingerprint density at radius 2 is 2.00 bits per heavy atom. The quantitative estimate of drug-likeness (QED) is 0.635. The molecule has 0 unspecified atom stereocenters. The Morgan fingerprint density at radius 1 is 1.44 bits per heavy atom. The Labute approximate surface area is 103 Å². The van der Waals surface area contributed by atoms with Gasteiger partial charge in [-0.25, -0.2) is 4.79 Å². The van der Waals surface area contributed by atoms with Crippen LogP contribution >= 0.6 is 15.9 Å². The largest absolute Gasteiger partial charge is 0.469 e. The van der Waals surface area contributed by atoms with Crippen molar-refractivity contribution in [1.29, 1.82) is 0 Å². The fraction of sp³-hybridized carbons (Fsp3) is 0.800. The highest BCUT2D eigenvalue weighted by Crippen LogP contribution is 2.36. The van der Waals surface area contributed by atoms with Gasteiger partial charge >= 0.3 is 12.1 Å². The van der Waals surface area contributed by atoms with Gasteiger partial charge in [0.15, 0.2) is 0 Å². The van der Waals surface area contributed by atoms with Gasteiger partial charge in [0.25, 0.3) is 0 Å². The summed E-state index contributed by atoms with van der Waals surface area (Å²) >= 11 is 3.32. The molecule has 1 aliphatic rings. The molecule has 0 radical (unpaired) electrons. The van der Waals surface area contributed by atoms with Crippen LogP contribution in [0.2, 0.25) is 0 Å². The number of esters is 1. The molecule has 1 heterocycles. The predicted molar refractivity (Wildman–Crippen MR) is 61.7 cm³/mol. The highest BCUT2D eigenvalue weighted by molar-refractivity contribution is 9.09. The maximum atomic E-state index is 11.7. The van der Waals surface area contributed by atoms with E-state index in [2.05, 4.69) is 15.9 Å². The minimum absolute atomic E-state index is 0.225. The lowest BCUT2D eigenvalue weighted by Crippen LogP contribution is -2.46. The van der Waals surface area contributed by atoms with E-state index >= 15 is 0 Å². The van der Waals surface area contributed by atoms with Crippen molar-refractivity contribution < 1.29 is 19.4 Å². The van der Waals surface area contributed by atoms with Crippen LogP contribution in [0.25, 0.3) is 0 Å². The number of carbonyl (C=O) groups is 2. The summed E-state index contributed by atoms with van der Waals surface area (Å²) in [6.45, 7) is 0.800. The van der Waals surface area contributed by atoms with Crippen molar-refractivity contribution in [3.05, 3.63) is 0 Å². The lowest BCUT2D eigenvalue weighted by atomic mass is 9.76. The SMILES string of the molecule is COC(=O)C1(CCBr)CCN(C(=O)O)CC1. The molecule has 1 N–H and O–H groups in total. The number of hydrogen-bond donors (Lipinski definition) is 1. The molecule has 1 saturated heterocycles. The van der Waals surface area contributed by atoms with E-state index in [-0.39, 0.29) is 5.97 Å². The van der Waals surface area contributed by atoms with Gasteiger partial charge in [0.05, 0.1) is 12.5 Å². The molecule has 0 bridgehead atoms. The molecule has 1 rings (SSSR count). The van der Waals surface area contributed by atoms with Crippen LogP contribution in [0.1, 0.15) is 19.3 Å². The van der Waals surface area contributed by atoms with Crippen molar-refractivity contribution in [2.75, 3.05) is 25.5 Å². The van der Waals surface area contributed by atoms with E-state index < -0.39 is 11.5 Å². The molecule has 0 aromatic rings. The third-order valence-electron chi connectivity index (χ3n) is 3.18. The summed E-state index contributed by atoms with van der Waals surface area (Å²) in [7, 11) is 1.38. The van der Waals surface area contributed by atoms with Crippen molar-refractivity contribution in [2.45, 2.75) is 19.3 Å². The summed E-state index contributed by atoms with van der Waals surface area (Å²) < 4.78 is 4.82. The van der Waals surface area contributed by atoms with E-state index in [1.807, 2.05) is 0 Å². The Kier molecular flexibility index (Phi) is 4.58. The molecule has 0 aromatic heterocycles. The lowest BCUT2D eigenvalue weighted by molar-refractivity contribution is -0.155. The van der Waals surface area contributed by atoms with Crippen LogP contribution in [-0.2, 0) is 9.53 Å². The van der Waals surface area contributed by atoms with E-state index in [0.717, 1.165) is 5.33 Å². The lowest BCUT2D eigenvalue weighted by Gasteiger charge is -2.38. The predicted octanol–water partition coefficient (Wildman–Crippen LogP) is 1.70. The van der Waals surface area contributed by atoms with Crippen molar-refractivity contribution in [2.24, 2.45) is 5.41 Å². The topological polar surface area (TPSA) is 66.8 Å². The number of methoxy groups -OCH3 is 1. The Morgan fingerprint density at radius 3 is 2.38 bits per heavy atom. The van der Waals surface area contributed by atoms with Crippen molar-refractivity contribution >= 4 is 28.0 Å². The van der Waals surface area contributed by atoms with Crippen LogP contribution in [0.15, 0.2) is 0 Å². The molecule has 1 fully saturated rings. The number of hydrogen-bond acceptors (Lipinski definition) is 3. The Bertz CT molecular complexity index is 274. The van der Waals surface area contributed by atoms with Gasteiger partial charge in [-0.2, -0.15) is 0 Å². The fourth-order valence-electron chi connectivity index (χ4n) is 2.08. The molecule has 6 heteroatoms. The molecule has 0 aliphatic carbocycles. The Hall–Kier alpha value is -0.780. The second-order valence-electron chi connectivity index (χ2n) is 3.98. The number of halogens is 1. The van der Waals surface area contributed by atoms with E-state index in [0.29, 0.717) is 32.4 Å². The van der Waals surface area contributed by atoms with Gasteiger partial charge in [0, 0.05) is 18.4 Å². The van der Waals surface area contributed by atoms with Gasteiger partial charge in [-0.05, 0) is 19.3 Å². The van der Waals surface area contributed by atoms with Crippen LogP contribution in [-0.4, -0.2) is 47.6 Å². The van der Waals surface area contributed by atoms with Gasteiger partial charge in [0.1, 0.15) is 0 Å². The number of nitrogens with zero attached hydrogens (tertiary/aromatic N) is 1. The van der Waals surface area contributed by atoms with Gasteiger partial charge in [-0.1, -0.05) is 15.9 Å². The summed E-state index contributed by atoms with van der Waals surface area (Å²) in [4.78, 5) is 23.9. The van der Waals surface area contributed by atoms with Gasteiger partial charge in [-0.3, -0.25) is 4.79 Å². The second kappa shape index (κ2) is 5.52. The number of alkyl halides is 1. The summed E-state index contributed by atoms with van der Waals surface area (Å²) in [5.74, 6) is -0.225. The summed E-state index contributed by atoms with van der Waals surface area (Å²) in [6.07, 6.45) is 0.847. The average molecular weight is 294 g/mol. The zero-order chi connectivity index (χ0) is 12.2. The number of rotatable bonds is 3. The first-order valence-electron chi connectivity index (χ1n) is 5.18. The maximum Gasteiger partial charge on any atom is 0.407 e. The summed E-state index contributed by atoms with van der Waals surface area (Å²) in [5.41, 5.74) is -0.510. The normalized spacial score (nSPS) is 19.2. The van der Waals surface area contributed by atoms with Crippen LogP contribution < -0.4 is 0 Å². The van der Waals surface area contributed by atoms with E-state index in [4.69, 9.17) is 9.84 Å². The number of carbonyl (C=O) groups excluding carboxylic acids is 1. The Balaban J connectivity index is 2.69. The van der Waals surface area contributed by atoms with Gasteiger partial charge in [-0.15, -0.1) is 0 Å². The third kappa shape index (κ3) is 2.66. The first kappa shape index (κ1) is 13.3. The fourth-order valence-corrected chi connectivity index (χ4v) is 2.84. The average Bonchev–Trinajstić information content (AvgIpc) is 2.29. The number of piperidine rings is 1. The number of likely N-dealkylation sites (tertiary alicyclic amines) is 1. The number of carboxylic acid groups (broad SMARTS) is 1. The summed E-state index contributed by atoms with van der Waals surface area (Å²) in [6, 6.07) is 0. The third-order valence-corrected chi connectivity index (χ3v) is 3.58. The van der Waals surface area contributed by atoms with Crippen LogP contribution in [0, 0.1) is 5.41 Å². The van der Waals surface area contributed by atoms with Gasteiger partial charge in [0.2, 0.25) is 0 Å². The van der Waals surface area contributed by atoms with Crippen LogP contribution in [0.5, 0.6) is 0 Å². The molecule has 0 atom stereocenters. The first-order chi connectivity index (χ1) is 7.55. The van der Waals surface area contributed by atoms with E-state index in [9.17, 15) is 9.59 Å². The zero-order valence-electron chi connectivity index (χ0n) is 9.24. The molecule has 0 saturated carbocycles. The highest BCUT2D eigenvalue weighted by atomic mass is 79.9. The van der Waals surface area contributed by atoms with E-state index in [1.165, 1.54) is 12.0 Å². The monoisotopic (exact) mass is 293 g/mol. The van der Waals surface area contributed by atoms with Crippen LogP contribution in [0.3, 0.4) is 0 Å². The molecule has 1 aliphatic heterocycles. The molecule has 16 heavy (non-hydrogen) atoms.